The van der Waals surface area contributed by atoms with Crippen molar-refractivity contribution in [3.8, 4) is 0 Å². The Hall–Kier alpha value is -0.770. The van der Waals surface area contributed by atoms with Gasteiger partial charge in [0.05, 0.1) is 6.61 Å². The first-order valence-corrected chi connectivity index (χ1v) is 6.64. The zero-order chi connectivity index (χ0) is 13.5. The van der Waals surface area contributed by atoms with Gasteiger partial charge in [-0.25, -0.2) is 0 Å². The summed E-state index contributed by atoms with van der Waals surface area (Å²) in [6, 6.07) is 6.48. The summed E-state index contributed by atoms with van der Waals surface area (Å²) in [6.07, 6.45) is 0. The maximum absolute atomic E-state index is 6.07. The number of methoxy groups -OCH3 is 1. The topological polar surface area (TPSA) is 24.5 Å². The van der Waals surface area contributed by atoms with Gasteiger partial charge in [-0.05, 0) is 23.8 Å². The normalized spacial score (nSPS) is 11.0. The van der Waals surface area contributed by atoms with E-state index < -0.39 is 0 Å². The molecule has 0 spiro atoms. The highest BCUT2D eigenvalue weighted by molar-refractivity contribution is 6.30. The van der Waals surface area contributed by atoms with Crippen LogP contribution < -0.4 is 10.2 Å². The number of hydrogen-bond donors (Lipinski definition) is 1. The van der Waals surface area contributed by atoms with Crippen molar-refractivity contribution >= 4 is 17.3 Å². The second kappa shape index (κ2) is 7.62. The van der Waals surface area contributed by atoms with Crippen LogP contribution in [0.3, 0.4) is 0 Å². The Kier molecular flexibility index (Phi) is 6.47. The van der Waals surface area contributed by atoms with Crippen LogP contribution in [0.4, 0.5) is 5.69 Å². The molecule has 18 heavy (non-hydrogen) atoms. The first-order valence-electron chi connectivity index (χ1n) is 6.26. The van der Waals surface area contributed by atoms with Crippen LogP contribution in [-0.4, -0.2) is 33.4 Å². The molecule has 0 atom stereocenters. The lowest BCUT2D eigenvalue weighted by molar-refractivity contribution is 0.206. The molecular formula is C14H23ClN2O. The monoisotopic (exact) mass is 270 g/mol. The van der Waals surface area contributed by atoms with E-state index in [0.717, 1.165) is 24.7 Å². The number of halogens is 1. The van der Waals surface area contributed by atoms with Crippen LogP contribution in [0.5, 0.6) is 0 Å². The summed E-state index contributed by atoms with van der Waals surface area (Å²) in [5, 5.41) is 4.20. The van der Waals surface area contributed by atoms with Crippen molar-refractivity contribution in [3.05, 3.63) is 28.8 Å². The van der Waals surface area contributed by atoms with E-state index in [4.69, 9.17) is 16.3 Å². The molecule has 4 heteroatoms. The Balaban J connectivity index is 2.81. The first kappa shape index (κ1) is 15.3. The molecule has 1 aromatic rings. The second-order valence-corrected chi connectivity index (χ2v) is 5.16. The number of hydrogen-bond acceptors (Lipinski definition) is 3. The molecule has 0 bridgehead atoms. The van der Waals surface area contributed by atoms with Gasteiger partial charge in [0.25, 0.3) is 0 Å². The van der Waals surface area contributed by atoms with Crippen LogP contribution in [0, 0.1) is 0 Å². The maximum Gasteiger partial charge on any atom is 0.0637 e. The van der Waals surface area contributed by atoms with E-state index in [1.54, 1.807) is 7.11 Å². The van der Waals surface area contributed by atoms with Crippen molar-refractivity contribution in [2.75, 3.05) is 32.2 Å². The van der Waals surface area contributed by atoms with E-state index in [9.17, 15) is 0 Å². The highest BCUT2D eigenvalue weighted by Gasteiger charge is 2.08. The van der Waals surface area contributed by atoms with Crippen molar-refractivity contribution in [1.82, 2.24) is 5.32 Å². The zero-order valence-electron chi connectivity index (χ0n) is 11.7. The molecule has 102 valence electrons. The van der Waals surface area contributed by atoms with Gasteiger partial charge in [0.1, 0.15) is 0 Å². The van der Waals surface area contributed by atoms with Gasteiger partial charge in [-0.3, -0.25) is 0 Å². The largest absolute Gasteiger partial charge is 0.383 e. The highest BCUT2D eigenvalue weighted by Crippen LogP contribution is 2.23. The van der Waals surface area contributed by atoms with Crippen LogP contribution in [0.2, 0.25) is 5.02 Å². The van der Waals surface area contributed by atoms with Crippen molar-refractivity contribution in [1.29, 1.82) is 0 Å². The predicted molar refractivity (Wildman–Crippen MR) is 78.6 cm³/mol. The van der Waals surface area contributed by atoms with Crippen LogP contribution >= 0.6 is 11.6 Å². The van der Waals surface area contributed by atoms with E-state index in [-0.39, 0.29) is 0 Å². The van der Waals surface area contributed by atoms with Crippen LogP contribution in [0.1, 0.15) is 19.4 Å². The Labute approximate surface area is 115 Å². The fraction of sp³-hybridized carbons (Fsp3) is 0.571. The minimum Gasteiger partial charge on any atom is -0.383 e. The fourth-order valence-electron chi connectivity index (χ4n) is 1.73. The van der Waals surface area contributed by atoms with Gasteiger partial charge in [-0.15, -0.1) is 0 Å². The molecule has 0 radical (unpaired) electrons. The fourth-order valence-corrected chi connectivity index (χ4v) is 1.93. The van der Waals surface area contributed by atoms with E-state index in [0.29, 0.717) is 6.04 Å². The summed E-state index contributed by atoms with van der Waals surface area (Å²) in [7, 11) is 3.79. The summed E-state index contributed by atoms with van der Waals surface area (Å²) in [6.45, 7) is 6.69. The molecule has 0 fully saturated rings. The molecule has 0 heterocycles. The SMILES string of the molecule is COCCN(C)c1ccc(Cl)cc1CNC(C)C. The number of anilines is 1. The molecule has 0 aliphatic heterocycles. The van der Waals surface area contributed by atoms with Gasteiger partial charge in [-0.1, -0.05) is 25.4 Å². The van der Waals surface area contributed by atoms with E-state index in [1.807, 2.05) is 12.1 Å². The average Bonchev–Trinajstić information content (AvgIpc) is 2.33. The molecule has 0 aromatic heterocycles. The molecule has 0 aliphatic rings. The van der Waals surface area contributed by atoms with Gasteiger partial charge >= 0.3 is 0 Å². The molecule has 3 nitrogen and oxygen atoms in total. The van der Waals surface area contributed by atoms with Gasteiger partial charge in [0.15, 0.2) is 0 Å². The zero-order valence-corrected chi connectivity index (χ0v) is 12.4. The van der Waals surface area contributed by atoms with Gasteiger partial charge in [0.2, 0.25) is 0 Å². The Bertz CT molecular complexity index is 369. The van der Waals surface area contributed by atoms with E-state index in [2.05, 4.69) is 37.2 Å². The summed E-state index contributed by atoms with van der Waals surface area (Å²) < 4.78 is 5.11. The van der Waals surface area contributed by atoms with Crippen molar-refractivity contribution in [3.63, 3.8) is 0 Å². The molecule has 0 aliphatic carbocycles. The lowest BCUT2D eigenvalue weighted by atomic mass is 10.1. The number of benzene rings is 1. The highest BCUT2D eigenvalue weighted by atomic mass is 35.5. The number of likely N-dealkylation sites (N-methyl/N-ethyl adjacent to an activating group) is 1. The van der Waals surface area contributed by atoms with Gasteiger partial charge in [0, 0.05) is 44.0 Å². The molecule has 1 aromatic carbocycles. The molecule has 0 amide bonds. The molecule has 0 saturated carbocycles. The lowest BCUT2D eigenvalue weighted by Crippen LogP contribution is -2.26. The molecule has 0 unspecified atom stereocenters. The maximum atomic E-state index is 6.07. The third-order valence-electron chi connectivity index (χ3n) is 2.78. The summed E-state index contributed by atoms with van der Waals surface area (Å²) in [5.41, 5.74) is 2.42. The lowest BCUT2D eigenvalue weighted by Gasteiger charge is -2.23. The van der Waals surface area contributed by atoms with Crippen molar-refractivity contribution < 1.29 is 4.74 Å². The standard InChI is InChI=1S/C14H23ClN2O/c1-11(2)16-10-12-9-13(15)5-6-14(12)17(3)7-8-18-4/h5-6,9,11,16H,7-8,10H2,1-4H3. The average molecular weight is 271 g/mol. The van der Waals surface area contributed by atoms with Crippen LogP contribution in [-0.2, 0) is 11.3 Å². The number of ether oxygens (including phenoxy) is 1. The first-order chi connectivity index (χ1) is 8.54. The molecular weight excluding hydrogens is 248 g/mol. The van der Waals surface area contributed by atoms with Crippen molar-refractivity contribution in [2.24, 2.45) is 0 Å². The minimum atomic E-state index is 0.459. The smallest absolute Gasteiger partial charge is 0.0637 e. The Morgan fingerprint density at radius 3 is 2.72 bits per heavy atom. The van der Waals surface area contributed by atoms with Gasteiger partial charge < -0.3 is 15.0 Å². The number of rotatable bonds is 7. The number of nitrogens with zero attached hydrogens (tertiary/aromatic N) is 1. The Morgan fingerprint density at radius 2 is 2.11 bits per heavy atom. The van der Waals surface area contributed by atoms with E-state index in [1.165, 1.54) is 11.3 Å². The minimum absolute atomic E-state index is 0.459. The number of nitrogens with one attached hydrogen (secondary N) is 1. The van der Waals surface area contributed by atoms with Crippen LogP contribution in [0.15, 0.2) is 18.2 Å². The molecule has 1 N–H and O–H groups in total. The summed E-state index contributed by atoms with van der Waals surface area (Å²) in [5.74, 6) is 0. The van der Waals surface area contributed by atoms with Crippen LogP contribution in [0.25, 0.3) is 0 Å². The summed E-state index contributed by atoms with van der Waals surface area (Å²) in [4.78, 5) is 2.19. The second-order valence-electron chi connectivity index (χ2n) is 4.72. The van der Waals surface area contributed by atoms with Gasteiger partial charge in [-0.2, -0.15) is 0 Å². The third kappa shape index (κ3) is 4.84. The quantitative estimate of drug-likeness (QED) is 0.825. The predicted octanol–water partition coefficient (Wildman–Crippen LogP) is 2.92. The van der Waals surface area contributed by atoms with E-state index >= 15 is 0 Å². The van der Waals surface area contributed by atoms with Crippen molar-refractivity contribution in [2.45, 2.75) is 26.4 Å². The third-order valence-corrected chi connectivity index (χ3v) is 3.02. The summed E-state index contributed by atoms with van der Waals surface area (Å²) >= 11 is 6.07. The molecule has 0 saturated heterocycles. The molecule has 1 rings (SSSR count). The Morgan fingerprint density at radius 1 is 1.39 bits per heavy atom.